The lowest BCUT2D eigenvalue weighted by Crippen LogP contribution is -2.20. The fourth-order valence-corrected chi connectivity index (χ4v) is 1.86. The van der Waals surface area contributed by atoms with Crippen LogP contribution in [0.15, 0.2) is 18.2 Å². The molecule has 2 N–H and O–H groups in total. The van der Waals surface area contributed by atoms with Gasteiger partial charge in [0.25, 0.3) is 0 Å². The number of benzene rings is 1. The molecule has 0 aromatic heterocycles. The average Bonchev–Trinajstić information content (AvgIpc) is 2.16. The molecule has 5 heteroatoms. The van der Waals surface area contributed by atoms with E-state index in [1.807, 2.05) is 0 Å². The van der Waals surface area contributed by atoms with Crippen LogP contribution in [-0.4, -0.2) is 22.2 Å². The van der Waals surface area contributed by atoms with Crippen LogP contribution in [0.3, 0.4) is 0 Å². The zero-order valence-electron chi connectivity index (χ0n) is 7.12. The van der Waals surface area contributed by atoms with Gasteiger partial charge in [0.05, 0.1) is 12.0 Å². The van der Waals surface area contributed by atoms with E-state index in [0.29, 0.717) is 15.6 Å². The Bertz CT molecular complexity index is 297. The Kier molecular flexibility index (Phi) is 4.48. The summed E-state index contributed by atoms with van der Waals surface area (Å²) < 4.78 is 0. The first-order chi connectivity index (χ1) is 6.57. The second-order valence-corrected chi connectivity index (χ2v) is 3.92. The van der Waals surface area contributed by atoms with Gasteiger partial charge in [-0.05, 0) is 12.1 Å². The summed E-state index contributed by atoms with van der Waals surface area (Å²) in [6.07, 6.45) is -2.23. The molecule has 0 saturated heterocycles. The van der Waals surface area contributed by atoms with E-state index >= 15 is 0 Å². The summed E-state index contributed by atoms with van der Waals surface area (Å²) in [7, 11) is 0. The molecule has 0 radical (unpaired) electrons. The van der Waals surface area contributed by atoms with Crippen LogP contribution >= 0.6 is 34.8 Å². The van der Waals surface area contributed by atoms with Crippen molar-refractivity contribution in [1.29, 1.82) is 0 Å². The molecule has 0 spiro atoms. The average molecular weight is 256 g/mol. The zero-order valence-corrected chi connectivity index (χ0v) is 9.39. The van der Waals surface area contributed by atoms with Gasteiger partial charge >= 0.3 is 0 Å². The van der Waals surface area contributed by atoms with Gasteiger partial charge in [0.2, 0.25) is 0 Å². The summed E-state index contributed by atoms with van der Waals surface area (Å²) in [5, 5.41) is 19.6. The van der Waals surface area contributed by atoms with Gasteiger partial charge in [-0.3, -0.25) is 0 Å². The van der Waals surface area contributed by atoms with Crippen molar-refractivity contribution < 1.29 is 10.2 Å². The fourth-order valence-electron chi connectivity index (χ4n) is 1.07. The predicted octanol–water partition coefficient (Wildman–Crippen LogP) is 2.63. The highest BCUT2D eigenvalue weighted by atomic mass is 35.5. The minimum atomic E-state index is -1.16. The molecule has 1 rings (SSSR count). The van der Waals surface area contributed by atoms with Crippen LogP contribution in [0, 0.1) is 0 Å². The van der Waals surface area contributed by atoms with E-state index in [-0.39, 0.29) is 5.88 Å². The first kappa shape index (κ1) is 12.1. The van der Waals surface area contributed by atoms with E-state index in [1.54, 1.807) is 18.2 Å². The molecule has 0 aliphatic rings. The van der Waals surface area contributed by atoms with E-state index < -0.39 is 12.2 Å². The lowest BCUT2D eigenvalue weighted by atomic mass is 10.1. The van der Waals surface area contributed by atoms with Crippen LogP contribution in [0.1, 0.15) is 11.7 Å². The van der Waals surface area contributed by atoms with Gasteiger partial charge in [0.15, 0.2) is 0 Å². The third kappa shape index (κ3) is 2.53. The van der Waals surface area contributed by atoms with Crippen LogP contribution in [0.2, 0.25) is 10.0 Å². The maximum atomic E-state index is 9.65. The Balaban J connectivity index is 3.05. The minimum Gasteiger partial charge on any atom is -0.389 e. The normalized spacial score (nSPS) is 15.2. The lowest BCUT2D eigenvalue weighted by Gasteiger charge is -2.18. The number of rotatable bonds is 3. The standard InChI is InChI=1S/C9H9Cl3O2/c10-4-7(13)9(14)8-5(11)2-1-3-6(8)12/h1-3,7,9,13-14H,4H2. The van der Waals surface area contributed by atoms with Gasteiger partial charge in [0, 0.05) is 15.6 Å². The number of alkyl halides is 1. The van der Waals surface area contributed by atoms with E-state index in [0.717, 1.165) is 0 Å². The number of hydrogen-bond acceptors (Lipinski definition) is 2. The van der Waals surface area contributed by atoms with Crippen molar-refractivity contribution in [2.45, 2.75) is 12.2 Å². The van der Waals surface area contributed by atoms with Crippen LogP contribution in [0.5, 0.6) is 0 Å². The smallest absolute Gasteiger partial charge is 0.109 e. The topological polar surface area (TPSA) is 40.5 Å². The SMILES string of the molecule is OC(CCl)C(O)c1c(Cl)cccc1Cl. The number of hydrogen-bond donors (Lipinski definition) is 2. The second kappa shape index (κ2) is 5.19. The van der Waals surface area contributed by atoms with Crippen LogP contribution in [0.25, 0.3) is 0 Å². The van der Waals surface area contributed by atoms with E-state index in [9.17, 15) is 10.2 Å². The molecule has 0 aliphatic carbocycles. The molecule has 0 aliphatic heterocycles. The van der Waals surface area contributed by atoms with E-state index in [2.05, 4.69) is 0 Å². The molecule has 2 unspecified atom stereocenters. The molecule has 0 bridgehead atoms. The first-order valence-electron chi connectivity index (χ1n) is 3.94. The summed E-state index contributed by atoms with van der Waals surface area (Å²) in [6, 6.07) is 4.84. The Labute approximate surface area is 97.0 Å². The van der Waals surface area contributed by atoms with Crippen molar-refractivity contribution in [1.82, 2.24) is 0 Å². The second-order valence-electron chi connectivity index (χ2n) is 2.80. The van der Waals surface area contributed by atoms with Gasteiger partial charge < -0.3 is 10.2 Å². The first-order valence-corrected chi connectivity index (χ1v) is 5.23. The Morgan fingerprint density at radius 1 is 1.14 bits per heavy atom. The van der Waals surface area contributed by atoms with E-state index in [4.69, 9.17) is 34.8 Å². The van der Waals surface area contributed by atoms with Crippen molar-refractivity contribution in [2.24, 2.45) is 0 Å². The molecular formula is C9H9Cl3O2. The highest BCUT2D eigenvalue weighted by Crippen LogP contribution is 2.32. The molecule has 2 nitrogen and oxygen atoms in total. The summed E-state index contributed by atoms with van der Waals surface area (Å²) in [6.45, 7) is 0. The van der Waals surface area contributed by atoms with Crippen LogP contribution in [-0.2, 0) is 0 Å². The van der Waals surface area contributed by atoms with Crippen molar-refractivity contribution in [3.05, 3.63) is 33.8 Å². The maximum absolute atomic E-state index is 9.65. The van der Waals surface area contributed by atoms with Crippen molar-refractivity contribution >= 4 is 34.8 Å². The molecule has 0 amide bonds. The van der Waals surface area contributed by atoms with E-state index in [1.165, 1.54) is 0 Å². The lowest BCUT2D eigenvalue weighted by molar-refractivity contribution is 0.0328. The largest absolute Gasteiger partial charge is 0.389 e. The summed E-state index contributed by atoms with van der Waals surface area (Å²) >= 11 is 17.1. The Morgan fingerprint density at radius 3 is 2.07 bits per heavy atom. The fraction of sp³-hybridized carbons (Fsp3) is 0.333. The highest BCUT2D eigenvalue weighted by molar-refractivity contribution is 6.36. The summed E-state index contributed by atoms with van der Waals surface area (Å²) in [4.78, 5) is 0. The van der Waals surface area contributed by atoms with Gasteiger partial charge in [-0.2, -0.15) is 0 Å². The Hall–Kier alpha value is 0.01000. The molecule has 2 atom stereocenters. The number of aliphatic hydroxyl groups is 2. The van der Waals surface area contributed by atoms with Gasteiger partial charge in [-0.1, -0.05) is 29.3 Å². The molecule has 14 heavy (non-hydrogen) atoms. The highest BCUT2D eigenvalue weighted by Gasteiger charge is 2.22. The van der Waals surface area contributed by atoms with Crippen molar-refractivity contribution in [3.8, 4) is 0 Å². The van der Waals surface area contributed by atoms with Gasteiger partial charge in [0.1, 0.15) is 6.10 Å². The predicted molar refractivity (Wildman–Crippen MR) is 58.1 cm³/mol. The maximum Gasteiger partial charge on any atom is 0.109 e. The Morgan fingerprint density at radius 2 is 1.64 bits per heavy atom. The van der Waals surface area contributed by atoms with Gasteiger partial charge in [-0.25, -0.2) is 0 Å². The number of aliphatic hydroxyl groups excluding tert-OH is 2. The molecule has 1 aromatic rings. The third-order valence-corrected chi connectivity index (χ3v) is 2.79. The molecular weight excluding hydrogens is 246 g/mol. The summed E-state index contributed by atoms with van der Waals surface area (Å²) in [5.41, 5.74) is 0.309. The monoisotopic (exact) mass is 254 g/mol. The number of halogens is 3. The van der Waals surface area contributed by atoms with Crippen molar-refractivity contribution in [2.75, 3.05) is 5.88 Å². The molecule has 0 saturated carbocycles. The van der Waals surface area contributed by atoms with Crippen molar-refractivity contribution in [3.63, 3.8) is 0 Å². The van der Waals surface area contributed by atoms with Gasteiger partial charge in [-0.15, -0.1) is 11.6 Å². The van der Waals surface area contributed by atoms with Crippen LogP contribution < -0.4 is 0 Å². The molecule has 0 heterocycles. The molecule has 78 valence electrons. The quantitative estimate of drug-likeness (QED) is 0.815. The minimum absolute atomic E-state index is 0.0806. The summed E-state index contributed by atoms with van der Waals surface area (Å²) in [5.74, 6) is -0.0806. The molecule has 1 aromatic carbocycles. The molecule has 0 fully saturated rings. The van der Waals surface area contributed by atoms with Crippen LogP contribution in [0.4, 0.5) is 0 Å². The zero-order chi connectivity index (χ0) is 10.7. The third-order valence-electron chi connectivity index (χ3n) is 1.82.